The van der Waals surface area contributed by atoms with E-state index < -0.39 is 0 Å². The summed E-state index contributed by atoms with van der Waals surface area (Å²) in [6, 6.07) is 5.83. The lowest BCUT2D eigenvalue weighted by molar-refractivity contribution is 0.373. The molecule has 0 bridgehead atoms. The highest BCUT2D eigenvalue weighted by molar-refractivity contribution is 5.56. The van der Waals surface area contributed by atoms with Gasteiger partial charge in [0.15, 0.2) is 0 Å². The highest BCUT2D eigenvalue weighted by Gasteiger charge is 2.24. The number of rotatable bonds is 10. The number of anilines is 4. The zero-order valence-corrected chi connectivity index (χ0v) is 20.0. The van der Waals surface area contributed by atoms with E-state index in [4.69, 9.17) is 0 Å². The molecule has 0 amide bonds. The van der Waals surface area contributed by atoms with Gasteiger partial charge in [-0.1, -0.05) is 39.2 Å². The molecule has 2 aliphatic rings. The molecule has 2 atom stereocenters. The molecule has 1 aliphatic heterocycles. The minimum atomic E-state index is -0.219. The van der Waals surface area contributed by atoms with Crippen LogP contribution in [0.4, 0.5) is 27.9 Å². The van der Waals surface area contributed by atoms with Crippen LogP contribution in [0.2, 0.25) is 0 Å². The molecular formula is C25H38FN7. The first-order valence-corrected chi connectivity index (χ1v) is 12.7. The fourth-order valence-corrected chi connectivity index (χ4v) is 4.95. The molecule has 0 radical (unpaired) electrons. The summed E-state index contributed by atoms with van der Waals surface area (Å²) in [4.78, 5) is 13.9. The normalized spacial score (nSPS) is 19.9. The largest absolute Gasteiger partial charge is 0.354 e. The van der Waals surface area contributed by atoms with Gasteiger partial charge in [0.25, 0.3) is 0 Å². The number of benzene rings is 1. The van der Waals surface area contributed by atoms with Crippen LogP contribution in [0.15, 0.2) is 18.2 Å². The predicted octanol–water partition coefficient (Wildman–Crippen LogP) is 5.25. The summed E-state index contributed by atoms with van der Waals surface area (Å²) in [5.41, 5.74) is 1.33. The standard InChI is InChI=1S/C25H38FN7/c1-3-18-12-13-19(15-20(18)26)29-24-31-23(28-16-17-9-6-5-7-10-17)32-25(33-24)30-21(4-2)22-11-8-14-27-22/h12-13,15,17,21-22,27H,3-11,14,16H2,1-2H3,(H3,28,29,30,31,32,33). The molecule has 1 saturated carbocycles. The molecule has 8 heteroatoms. The van der Waals surface area contributed by atoms with Crippen LogP contribution in [0, 0.1) is 11.7 Å². The molecule has 2 aromatic rings. The fraction of sp³-hybridized carbons (Fsp3) is 0.640. The highest BCUT2D eigenvalue weighted by atomic mass is 19.1. The van der Waals surface area contributed by atoms with Crippen molar-refractivity contribution in [3.8, 4) is 0 Å². The number of hydrogen-bond donors (Lipinski definition) is 4. The second-order valence-corrected chi connectivity index (χ2v) is 9.34. The second-order valence-electron chi connectivity index (χ2n) is 9.34. The van der Waals surface area contributed by atoms with Crippen molar-refractivity contribution >= 4 is 23.5 Å². The van der Waals surface area contributed by atoms with E-state index in [1.54, 1.807) is 6.07 Å². The third kappa shape index (κ3) is 6.53. The van der Waals surface area contributed by atoms with Gasteiger partial charge in [-0.2, -0.15) is 15.0 Å². The Morgan fingerprint density at radius 3 is 2.48 bits per heavy atom. The molecule has 2 heterocycles. The number of aryl methyl sites for hydroxylation is 1. The summed E-state index contributed by atoms with van der Waals surface area (Å²) < 4.78 is 14.3. The van der Waals surface area contributed by atoms with Gasteiger partial charge in [-0.3, -0.25) is 0 Å². The Bertz CT molecular complexity index is 894. The van der Waals surface area contributed by atoms with Crippen LogP contribution in [0.3, 0.4) is 0 Å². The van der Waals surface area contributed by atoms with E-state index >= 15 is 0 Å². The highest BCUT2D eigenvalue weighted by Crippen LogP contribution is 2.25. The molecule has 1 aromatic carbocycles. The number of nitrogens with zero attached hydrogens (tertiary/aromatic N) is 3. The van der Waals surface area contributed by atoms with Gasteiger partial charge in [0.05, 0.1) is 0 Å². The maximum Gasteiger partial charge on any atom is 0.233 e. The average Bonchev–Trinajstić information content (AvgIpc) is 3.37. The predicted molar refractivity (Wildman–Crippen MR) is 133 cm³/mol. The lowest BCUT2D eigenvalue weighted by Crippen LogP contribution is -2.40. The Balaban J connectivity index is 1.52. The summed E-state index contributed by atoms with van der Waals surface area (Å²) in [6.45, 7) is 6.05. The summed E-state index contributed by atoms with van der Waals surface area (Å²) in [5.74, 6) is 1.95. The van der Waals surface area contributed by atoms with Crippen molar-refractivity contribution < 1.29 is 4.39 Å². The van der Waals surface area contributed by atoms with Crippen molar-refractivity contribution in [3.63, 3.8) is 0 Å². The Hall–Kier alpha value is -2.48. The monoisotopic (exact) mass is 455 g/mol. The van der Waals surface area contributed by atoms with E-state index in [0.29, 0.717) is 47.5 Å². The van der Waals surface area contributed by atoms with Crippen LogP contribution in [0.5, 0.6) is 0 Å². The van der Waals surface area contributed by atoms with Crippen LogP contribution < -0.4 is 21.3 Å². The van der Waals surface area contributed by atoms with Gasteiger partial charge in [0.1, 0.15) is 5.82 Å². The van der Waals surface area contributed by atoms with Crippen molar-refractivity contribution in [2.75, 3.05) is 29.0 Å². The van der Waals surface area contributed by atoms with Crippen LogP contribution in [-0.4, -0.2) is 40.1 Å². The van der Waals surface area contributed by atoms with E-state index in [2.05, 4.69) is 43.1 Å². The second kappa shape index (κ2) is 11.6. The molecule has 2 unspecified atom stereocenters. The maximum absolute atomic E-state index is 14.3. The Morgan fingerprint density at radius 2 is 1.79 bits per heavy atom. The minimum Gasteiger partial charge on any atom is -0.354 e. The first-order valence-electron chi connectivity index (χ1n) is 12.7. The molecule has 33 heavy (non-hydrogen) atoms. The van der Waals surface area contributed by atoms with Crippen molar-refractivity contribution in [3.05, 3.63) is 29.6 Å². The zero-order chi connectivity index (χ0) is 23.0. The van der Waals surface area contributed by atoms with E-state index in [-0.39, 0.29) is 11.9 Å². The molecule has 4 rings (SSSR count). The zero-order valence-electron chi connectivity index (χ0n) is 20.0. The summed E-state index contributed by atoms with van der Waals surface area (Å²) in [6.07, 6.45) is 10.4. The first kappa shape index (κ1) is 23.7. The van der Waals surface area contributed by atoms with E-state index in [1.165, 1.54) is 44.6 Å². The van der Waals surface area contributed by atoms with E-state index in [0.717, 1.165) is 25.9 Å². The molecule has 0 spiro atoms. The fourth-order valence-electron chi connectivity index (χ4n) is 4.95. The van der Waals surface area contributed by atoms with E-state index in [9.17, 15) is 4.39 Å². The van der Waals surface area contributed by atoms with Gasteiger partial charge in [0, 0.05) is 24.3 Å². The number of halogens is 1. The van der Waals surface area contributed by atoms with Crippen LogP contribution >= 0.6 is 0 Å². The summed E-state index contributed by atoms with van der Waals surface area (Å²) in [7, 11) is 0. The van der Waals surface area contributed by atoms with Gasteiger partial charge in [-0.25, -0.2) is 4.39 Å². The van der Waals surface area contributed by atoms with Gasteiger partial charge >= 0.3 is 0 Å². The first-order chi connectivity index (χ1) is 16.1. The molecule has 7 nitrogen and oxygen atoms in total. The molecule has 2 fully saturated rings. The summed E-state index contributed by atoms with van der Waals surface area (Å²) >= 11 is 0. The molecule has 1 saturated heterocycles. The van der Waals surface area contributed by atoms with Crippen LogP contribution in [-0.2, 0) is 6.42 Å². The lowest BCUT2D eigenvalue weighted by atomic mass is 9.89. The van der Waals surface area contributed by atoms with Gasteiger partial charge in [-0.05, 0) is 68.7 Å². The number of nitrogens with one attached hydrogen (secondary N) is 4. The third-order valence-electron chi connectivity index (χ3n) is 6.94. The Kier molecular flexibility index (Phi) is 8.31. The SMILES string of the molecule is CCc1ccc(Nc2nc(NCC3CCCCC3)nc(NC(CC)C3CCCN3)n2)cc1F. The maximum atomic E-state index is 14.3. The van der Waals surface area contributed by atoms with E-state index in [1.807, 2.05) is 13.0 Å². The molecule has 4 N–H and O–H groups in total. The third-order valence-corrected chi connectivity index (χ3v) is 6.94. The van der Waals surface area contributed by atoms with Crippen molar-refractivity contribution in [1.82, 2.24) is 20.3 Å². The van der Waals surface area contributed by atoms with Crippen molar-refractivity contribution in [1.29, 1.82) is 0 Å². The van der Waals surface area contributed by atoms with Crippen LogP contribution in [0.25, 0.3) is 0 Å². The summed E-state index contributed by atoms with van der Waals surface area (Å²) in [5, 5.41) is 13.7. The van der Waals surface area contributed by atoms with Crippen molar-refractivity contribution in [2.24, 2.45) is 5.92 Å². The molecule has 1 aliphatic carbocycles. The lowest BCUT2D eigenvalue weighted by Gasteiger charge is -2.24. The molecule has 1 aromatic heterocycles. The Labute approximate surface area is 196 Å². The average molecular weight is 456 g/mol. The van der Waals surface area contributed by atoms with Gasteiger partial charge < -0.3 is 21.3 Å². The minimum absolute atomic E-state index is 0.219. The molecular weight excluding hydrogens is 417 g/mol. The quantitative estimate of drug-likeness (QED) is 0.389. The van der Waals surface area contributed by atoms with Crippen LogP contribution in [0.1, 0.15) is 70.8 Å². The van der Waals surface area contributed by atoms with Gasteiger partial charge in [-0.15, -0.1) is 0 Å². The topological polar surface area (TPSA) is 86.8 Å². The number of aromatic nitrogens is 3. The Morgan fingerprint density at radius 1 is 1.00 bits per heavy atom. The number of hydrogen-bond acceptors (Lipinski definition) is 7. The molecule has 180 valence electrons. The van der Waals surface area contributed by atoms with Crippen molar-refractivity contribution in [2.45, 2.75) is 83.7 Å². The smallest absolute Gasteiger partial charge is 0.233 e. The van der Waals surface area contributed by atoms with Gasteiger partial charge in [0.2, 0.25) is 17.8 Å².